The van der Waals surface area contributed by atoms with Crippen LogP contribution in [0.15, 0.2) is 41.7 Å². The Balaban J connectivity index is 0.000000157. The zero-order chi connectivity index (χ0) is 23.3. The molecule has 3 heterocycles. The summed E-state index contributed by atoms with van der Waals surface area (Å²) in [6, 6.07) is 7.09. The summed E-state index contributed by atoms with van der Waals surface area (Å²) in [5.74, 6) is -0.995. The SMILES string of the molecule is O=C(NC1(C(=O)O)CCCCC1)c1ccc[nH]1.O=C1OC(c2ccc[nH]2)=NC12CCCCC2. The maximum Gasteiger partial charge on any atom is 0.340 e. The van der Waals surface area contributed by atoms with E-state index in [-0.39, 0.29) is 11.9 Å². The predicted molar refractivity (Wildman–Crippen MR) is 121 cm³/mol. The molecule has 0 unspecified atom stereocenters. The number of carbonyl (C=O) groups is 3. The molecule has 2 aromatic rings. The molecule has 0 saturated heterocycles. The number of ether oxygens (including phenoxy) is 1. The Morgan fingerprint density at radius 1 is 0.939 bits per heavy atom. The van der Waals surface area contributed by atoms with Gasteiger partial charge in [0.25, 0.3) is 5.91 Å². The molecular formula is C24H30N4O5. The summed E-state index contributed by atoms with van der Waals surface area (Å²) >= 11 is 0. The minimum absolute atomic E-state index is 0.170. The lowest BCUT2D eigenvalue weighted by molar-refractivity contribution is -0.146. The number of amides is 1. The Kier molecular flexibility index (Phi) is 6.67. The Labute approximate surface area is 192 Å². The standard InChI is InChI=1S/C12H16N2O3.C12H14N2O2/c15-10(9-5-4-8-13-9)14-12(11(16)17)6-2-1-3-7-12;15-11-12(6-2-1-3-7-12)14-10(16-11)9-5-4-8-13-9/h4-5,8,13H,1-3,6-7H2,(H,14,15)(H,16,17);4-5,8,13H,1-3,6-7H2. The summed E-state index contributed by atoms with van der Waals surface area (Å²) in [6.07, 6.45) is 12.2. The van der Waals surface area contributed by atoms with Crippen molar-refractivity contribution < 1.29 is 24.2 Å². The molecule has 176 valence electrons. The van der Waals surface area contributed by atoms with Crippen molar-refractivity contribution in [1.29, 1.82) is 0 Å². The fraction of sp³-hybridized carbons (Fsp3) is 0.500. The second-order valence-corrected chi connectivity index (χ2v) is 8.97. The third-order valence-electron chi connectivity index (χ3n) is 6.71. The number of aromatic amines is 2. The Hall–Kier alpha value is -3.36. The number of H-pyrrole nitrogens is 2. The second-order valence-electron chi connectivity index (χ2n) is 8.97. The Bertz CT molecular complexity index is 998. The highest BCUT2D eigenvalue weighted by Gasteiger charge is 2.46. The van der Waals surface area contributed by atoms with Gasteiger partial charge in [0, 0.05) is 12.4 Å². The van der Waals surface area contributed by atoms with Crippen LogP contribution >= 0.6 is 0 Å². The molecule has 1 amide bonds. The average molecular weight is 455 g/mol. The van der Waals surface area contributed by atoms with E-state index < -0.39 is 17.0 Å². The van der Waals surface area contributed by atoms with Gasteiger partial charge >= 0.3 is 11.9 Å². The van der Waals surface area contributed by atoms with E-state index in [1.807, 2.05) is 12.1 Å². The molecule has 9 heteroatoms. The van der Waals surface area contributed by atoms with Crippen LogP contribution in [0, 0.1) is 0 Å². The number of carboxylic acid groups (broad SMARTS) is 1. The van der Waals surface area contributed by atoms with Crippen LogP contribution < -0.4 is 5.32 Å². The maximum atomic E-state index is 11.9. The maximum absolute atomic E-state index is 11.9. The van der Waals surface area contributed by atoms with Gasteiger partial charge in [-0.05, 0) is 49.9 Å². The molecule has 0 aromatic carbocycles. The third-order valence-corrected chi connectivity index (χ3v) is 6.71. The first-order valence-electron chi connectivity index (χ1n) is 11.6. The number of aliphatic imine (C=N–C) groups is 1. The van der Waals surface area contributed by atoms with Gasteiger partial charge in [-0.2, -0.15) is 0 Å². The number of aromatic nitrogens is 2. The van der Waals surface area contributed by atoms with Crippen LogP contribution in [0.1, 0.15) is 80.4 Å². The molecule has 5 rings (SSSR count). The van der Waals surface area contributed by atoms with Gasteiger partial charge in [-0.1, -0.05) is 38.5 Å². The first-order valence-corrected chi connectivity index (χ1v) is 11.6. The van der Waals surface area contributed by atoms with Crippen LogP contribution in [0.25, 0.3) is 0 Å². The van der Waals surface area contributed by atoms with Crippen molar-refractivity contribution in [3.63, 3.8) is 0 Å². The second kappa shape index (κ2) is 9.64. The molecule has 4 N–H and O–H groups in total. The van der Waals surface area contributed by atoms with Crippen LogP contribution in [0.4, 0.5) is 0 Å². The van der Waals surface area contributed by atoms with Crippen molar-refractivity contribution in [2.75, 3.05) is 0 Å². The molecule has 9 nitrogen and oxygen atoms in total. The van der Waals surface area contributed by atoms with Crippen molar-refractivity contribution in [2.24, 2.45) is 4.99 Å². The van der Waals surface area contributed by atoms with E-state index in [0.29, 0.717) is 24.4 Å². The van der Waals surface area contributed by atoms with Crippen molar-refractivity contribution in [3.8, 4) is 0 Å². The number of cyclic esters (lactones) is 1. The van der Waals surface area contributed by atoms with E-state index in [4.69, 9.17) is 4.74 Å². The van der Waals surface area contributed by atoms with Crippen molar-refractivity contribution in [1.82, 2.24) is 15.3 Å². The summed E-state index contributed by atoms with van der Waals surface area (Å²) in [6.45, 7) is 0. The van der Waals surface area contributed by atoms with Crippen molar-refractivity contribution >= 4 is 23.7 Å². The highest BCUT2D eigenvalue weighted by molar-refractivity contribution is 6.07. The number of nitrogens with one attached hydrogen (secondary N) is 3. The molecule has 0 bridgehead atoms. The Morgan fingerprint density at radius 2 is 1.58 bits per heavy atom. The molecule has 2 saturated carbocycles. The number of carbonyl (C=O) groups excluding carboxylic acids is 2. The lowest BCUT2D eigenvalue weighted by Gasteiger charge is -2.33. The quantitative estimate of drug-likeness (QED) is 0.524. The number of rotatable bonds is 4. The molecule has 1 spiro atoms. The molecule has 2 aliphatic carbocycles. The molecule has 2 fully saturated rings. The number of hydrogen-bond acceptors (Lipinski definition) is 5. The number of carboxylic acids is 1. The van der Waals surface area contributed by atoms with Crippen LogP contribution in [0.3, 0.4) is 0 Å². The van der Waals surface area contributed by atoms with E-state index in [0.717, 1.165) is 50.6 Å². The van der Waals surface area contributed by atoms with Gasteiger partial charge in [0.1, 0.15) is 16.9 Å². The first kappa shape index (κ1) is 22.8. The number of hydrogen-bond donors (Lipinski definition) is 4. The average Bonchev–Trinajstić information content (AvgIpc) is 3.59. The lowest BCUT2D eigenvalue weighted by atomic mass is 9.81. The summed E-state index contributed by atoms with van der Waals surface area (Å²) in [4.78, 5) is 45.4. The largest absolute Gasteiger partial charge is 0.480 e. The highest BCUT2D eigenvalue weighted by atomic mass is 16.6. The van der Waals surface area contributed by atoms with Crippen molar-refractivity contribution in [2.45, 2.75) is 75.3 Å². The summed E-state index contributed by atoms with van der Waals surface area (Å²) in [5, 5.41) is 12.0. The van der Waals surface area contributed by atoms with Crippen LogP contribution in [-0.2, 0) is 14.3 Å². The molecule has 3 aliphatic rings. The molecular weight excluding hydrogens is 424 g/mol. The first-order chi connectivity index (χ1) is 15.9. The lowest BCUT2D eigenvalue weighted by Crippen LogP contribution is -2.55. The summed E-state index contributed by atoms with van der Waals surface area (Å²) < 4.78 is 5.28. The van der Waals surface area contributed by atoms with Gasteiger partial charge in [-0.3, -0.25) is 4.79 Å². The minimum atomic E-state index is -1.08. The van der Waals surface area contributed by atoms with Gasteiger partial charge in [0.05, 0.1) is 0 Å². The minimum Gasteiger partial charge on any atom is -0.480 e. The van der Waals surface area contributed by atoms with E-state index in [1.165, 1.54) is 6.42 Å². The van der Waals surface area contributed by atoms with E-state index in [1.54, 1.807) is 24.5 Å². The number of aliphatic carboxylic acids is 1. The number of nitrogens with zero attached hydrogens (tertiary/aromatic N) is 1. The summed E-state index contributed by atoms with van der Waals surface area (Å²) in [5.41, 5.74) is -0.467. The van der Waals surface area contributed by atoms with Crippen LogP contribution in [-0.4, -0.2) is 49.9 Å². The van der Waals surface area contributed by atoms with E-state index in [9.17, 15) is 19.5 Å². The van der Waals surface area contributed by atoms with Gasteiger partial charge in [-0.25, -0.2) is 14.6 Å². The third kappa shape index (κ3) is 4.86. The molecule has 0 atom stereocenters. The zero-order valence-corrected chi connectivity index (χ0v) is 18.6. The Morgan fingerprint density at radius 3 is 2.15 bits per heavy atom. The topological polar surface area (TPSA) is 137 Å². The van der Waals surface area contributed by atoms with E-state index in [2.05, 4.69) is 20.3 Å². The van der Waals surface area contributed by atoms with Crippen LogP contribution in [0.2, 0.25) is 0 Å². The highest BCUT2D eigenvalue weighted by Crippen LogP contribution is 2.37. The van der Waals surface area contributed by atoms with Crippen molar-refractivity contribution in [3.05, 3.63) is 48.0 Å². The monoisotopic (exact) mass is 454 g/mol. The summed E-state index contributed by atoms with van der Waals surface area (Å²) in [7, 11) is 0. The smallest absolute Gasteiger partial charge is 0.340 e. The molecule has 2 aromatic heterocycles. The molecule has 33 heavy (non-hydrogen) atoms. The molecule has 0 radical (unpaired) electrons. The fourth-order valence-electron chi connectivity index (χ4n) is 4.78. The number of esters is 1. The zero-order valence-electron chi connectivity index (χ0n) is 18.6. The van der Waals surface area contributed by atoms with Gasteiger partial charge in [0.15, 0.2) is 5.54 Å². The predicted octanol–water partition coefficient (Wildman–Crippen LogP) is 3.55. The van der Waals surface area contributed by atoms with E-state index >= 15 is 0 Å². The van der Waals surface area contributed by atoms with Gasteiger partial charge < -0.3 is 25.1 Å². The van der Waals surface area contributed by atoms with Gasteiger partial charge in [0.2, 0.25) is 5.90 Å². The van der Waals surface area contributed by atoms with Gasteiger partial charge in [-0.15, -0.1) is 0 Å². The van der Waals surface area contributed by atoms with Crippen LogP contribution in [0.5, 0.6) is 0 Å². The fourth-order valence-corrected chi connectivity index (χ4v) is 4.78. The molecule has 1 aliphatic heterocycles. The normalized spacial score (nSPS) is 20.8.